The maximum atomic E-state index is 13.7. The number of aliphatic carboxylic acids is 2. The molecule has 0 unspecified atom stereocenters. The molecule has 2 rings (SSSR count). The molecule has 0 aliphatic heterocycles. The van der Waals surface area contributed by atoms with Gasteiger partial charge in [0.2, 0.25) is 29.5 Å². The fourth-order valence-electron chi connectivity index (χ4n) is 4.95. The van der Waals surface area contributed by atoms with Gasteiger partial charge >= 0.3 is 11.9 Å². The lowest BCUT2D eigenvalue weighted by Gasteiger charge is -2.26. The highest BCUT2D eigenvalue weighted by Gasteiger charge is 2.32. The molecule has 0 spiro atoms. The first-order valence-corrected chi connectivity index (χ1v) is 17.2. The lowest BCUT2D eigenvalue weighted by atomic mass is 10.1. The molecule has 2 aromatic rings. The van der Waals surface area contributed by atoms with Crippen LogP contribution in [0.5, 0.6) is 0 Å². The fourth-order valence-corrected chi connectivity index (χ4v) is 4.95. The molecule has 25 nitrogen and oxygen atoms in total. The van der Waals surface area contributed by atoms with Crippen molar-refractivity contribution in [1.82, 2.24) is 46.5 Å². The summed E-state index contributed by atoms with van der Waals surface area (Å²) < 4.78 is 0. The Bertz CT molecular complexity index is 1670. The molecule has 0 fully saturated rings. The molecule has 5 amide bonds. The molecular formula is C31H50N16O9. The molecule has 0 aliphatic carbocycles. The predicted molar refractivity (Wildman–Crippen MR) is 198 cm³/mol. The zero-order chi connectivity index (χ0) is 41.8. The van der Waals surface area contributed by atoms with E-state index in [1.54, 1.807) is 0 Å². The van der Waals surface area contributed by atoms with Gasteiger partial charge in [0.1, 0.15) is 30.2 Å². The van der Waals surface area contributed by atoms with Crippen LogP contribution in [0.25, 0.3) is 0 Å². The summed E-state index contributed by atoms with van der Waals surface area (Å²) in [5.74, 6) is -7.66. The molecule has 0 bridgehead atoms. The molecule has 308 valence electrons. The van der Waals surface area contributed by atoms with Crippen molar-refractivity contribution >= 4 is 53.4 Å². The Morgan fingerprint density at radius 2 is 1.11 bits per heavy atom. The van der Waals surface area contributed by atoms with E-state index in [-0.39, 0.29) is 57.1 Å². The predicted octanol–water partition coefficient (Wildman–Crippen LogP) is -5.64. The minimum atomic E-state index is -1.82. The summed E-state index contributed by atoms with van der Waals surface area (Å²) in [7, 11) is 0. The minimum absolute atomic E-state index is 0.0488. The van der Waals surface area contributed by atoms with Crippen LogP contribution in [0, 0.1) is 0 Å². The number of aromatic amines is 2. The number of hydrogen-bond donors (Lipinski definition) is 14. The maximum absolute atomic E-state index is 13.7. The number of aromatic nitrogens is 4. The van der Waals surface area contributed by atoms with Gasteiger partial charge in [0.15, 0.2) is 11.9 Å². The fraction of sp³-hybridized carbons (Fsp3) is 0.516. The lowest BCUT2D eigenvalue weighted by molar-refractivity contribution is -0.147. The summed E-state index contributed by atoms with van der Waals surface area (Å²) in [6, 6.07) is -8.20. The summed E-state index contributed by atoms with van der Waals surface area (Å²) >= 11 is 0. The van der Waals surface area contributed by atoms with Crippen LogP contribution in [0.2, 0.25) is 0 Å². The van der Waals surface area contributed by atoms with Crippen LogP contribution in [0.1, 0.15) is 50.4 Å². The van der Waals surface area contributed by atoms with Crippen LogP contribution in [-0.2, 0) is 46.4 Å². The number of carbonyl (C=O) groups excluding carboxylic acids is 5. The van der Waals surface area contributed by atoms with Crippen molar-refractivity contribution in [3.8, 4) is 0 Å². The average Bonchev–Trinajstić information content (AvgIpc) is 3.84. The van der Waals surface area contributed by atoms with E-state index in [4.69, 9.17) is 33.8 Å². The molecule has 0 aliphatic rings. The molecule has 6 atom stereocenters. The summed E-state index contributed by atoms with van der Waals surface area (Å²) in [5.41, 5.74) is 28.3. The molecule has 56 heavy (non-hydrogen) atoms. The Labute approximate surface area is 319 Å². The number of rotatable bonds is 25. The highest BCUT2D eigenvalue weighted by Crippen LogP contribution is 2.07. The van der Waals surface area contributed by atoms with Crippen molar-refractivity contribution in [1.29, 1.82) is 0 Å². The summed E-state index contributed by atoms with van der Waals surface area (Å²) in [5, 5.41) is 30.7. The van der Waals surface area contributed by atoms with Gasteiger partial charge in [-0.05, 0) is 32.6 Å². The van der Waals surface area contributed by atoms with E-state index in [1.165, 1.54) is 32.0 Å². The first-order valence-electron chi connectivity index (χ1n) is 17.2. The van der Waals surface area contributed by atoms with E-state index >= 15 is 0 Å². The number of nitrogens with zero attached hydrogens (tertiary/aromatic N) is 4. The summed E-state index contributed by atoms with van der Waals surface area (Å²) in [4.78, 5) is 111. The Kier molecular flexibility index (Phi) is 18.7. The van der Waals surface area contributed by atoms with Gasteiger partial charge in [0.25, 0.3) is 0 Å². The Morgan fingerprint density at radius 3 is 1.57 bits per heavy atom. The molecule has 2 heterocycles. The normalized spacial score (nSPS) is 14.0. The second-order valence-corrected chi connectivity index (χ2v) is 12.5. The SMILES string of the molecule is C[C@H](NC(=O)[C@H](Cc1cnc[nH]1)NC(=O)[C@@H](N)CCCN=C(N)N)C(=O)N[C@@H](CCCN=C(N)N)C(=O)N[C@@H](Cc1cnc[nH]1)C(=O)N[C@@H](CC(=O)O)C(=O)O. The first kappa shape index (κ1) is 45.4. The number of amides is 5. The van der Waals surface area contributed by atoms with E-state index in [2.05, 4.69) is 56.5 Å². The number of aliphatic imine (C=N–C) groups is 2. The maximum Gasteiger partial charge on any atom is 0.326 e. The number of carboxylic acid groups (broad SMARTS) is 2. The van der Waals surface area contributed by atoms with E-state index in [0.717, 1.165) is 0 Å². The minimum Gasteiger partial charge on any atom is -0.481 e. The zero-order valence-electron chi connectivity index (χ0n) is 30.6. The van der Waals surface area contributed by atoms with Gasteiger partial charge in [-0.2, -0.15) is 0 Å². The Hall–Kier alpha value is -6.79. The standard InChI is InChI=1S/C31H50N16O9/c1-15(43-27(53)20(8-16-11-37-13-41-16)45-25(51)18(32)4-2-6-39-30(33)34)24(50)44-19(5-3-7-40-31(35)36)26(52)46-21(9-17-12-38-14-42-17)28(54)47-22(29(55)56)10-23(48)49/h11-15,18-22H,2-10,32H2,1H3,(H,37,41)(H,38,42)(H,43,53)(H,44,50)(H,45,51)(H,46,52)(H,47,54)(H,48,49)(H,55,56)(H4,33,34,39)(H4,35,36,40)/t15-,18-,19-,20-,21-,22-/m0/s1. The van der Waals surface area contributed by atoms with Crippen molar-refractivity contribution in [3.05, 3.63) is 36.4 Å². The monoisotopic (exact) mass is 790 g/mol. The molecule has 19 N–H and O–H groups in total. The van der Waals surface area contributed by atoms with Crippen LogP contribution < -0.4 is 55.3 Å². The third-order valence-electron chi connectivity index (χ3n) is 7.85. The van der Waals surface area contributed by atoms with Gasteiger partial charge < -0.3 is 75.4 Å². The van der Waals surface area contributed by atoms with Crippen LogP contribution in [0.15, 0.2) is 35.0 Å². The number of nitrogens with two attached hydrogens (primary N) is 5. The van der Waals surface area contributed by atoms with Crippen molar-refractivity contribution in [2.24, 2.45) is 38.7 Å². The third-order valence-corrected chi connectivity index (χ3v) is 7.85. The summed E-state index contributed by atoms with van der Waals surface area (Å²) in [6.45, 7) is 1.61. The summed E-state index contributed by atoms with van der Waals surface area (Å²) in [6.07, 6.45) is 4.87. The molecule has 0 saturated carbocycles. The number of guanidine groups is 2. The molecule has 0 aromatic carbocycles. The largest absolute Gasteiger partial charge is 0.481 e. The third kappa shape index (κ3) is 16.9. The number of imidazole rings is 2. The number of H-pyrrole nitrogens is 2. The second kappa shape index (κ2) is 23.1. The van der Waals surface area contributed by atoms with Crippen molar-refractivity contribution in [2.45, 2.75) is 88.1 Å². The molecule has 0 saturated heterocycles. The van der Waals surface area contributed by atoms with E-state index in [9.17, 15) is 38.7 Å². The Balaban J connectivity index is 2.24. The smallest absolute Gasteiger partial charge is 0.326 e. The Morgan fingerprint density at radius 1 is 0.661 bits per heavy atom. The van der Waals surface area contributed by atoms with Crippen LogP contribution in [0.4, 0.5) is 0 Å². The van der Waals surface area contributed by atoms with Gasteiger partial charge in [0, 0.05) is 49.7 Å². The number of carbonyl (C=O) groups is 7. The molecule has 2 aromatic heterocycles. The number of carboxylic acids is 2. The van der Waals surface area contributed by atoms with Gasteiger partial charge in [-0.15, -0.1) is 0 Å². The highest BCUT2D eigenvalue weighted by atomic mass is 16.4. The lowest BCUT2D eigenvalue weighted by Crippen LogP contribution is -2.59. The quantitative estimate of drug-likeness (QED) is 0.0253. The van der Waals surface area contributed by atoms with Crippen molar-refractivity contribution in [3.63, 3.8) is 0 Å². The highest BCUT2D eigenvalue weighted by molar-refractivity contribution is 5.96. The molecule has 25 heteroatoms. The molecular weight excluding hydrogens is 740 g/mol. The van der Waals surface area contributed by atoms with Crippen LogP contribution >= 0.6 is 0 Å². The number of nitrogens with one attached hydrogen (secondary N) is 7. The van der Waals surface area contributed by atoms with E-state index in [0.29, 0.717) is 17.8 Å². The van der Waals surface area contributed by atoms with Crippen LogP contribution in [-0.4, -0.2) is 133 Å². The van der Waals surface area contributed by atoms with E-state index < -0.39 is 84.1 Å². The van der Waals surface area contributed by atoms with E-state index in [1.807, 2.05) is 0 Å². The zero-order valence-corrected chi connectivity index (χ0v) is 30.6. The number of hydrogen-bond acceptors (Lipinski definition) is 12. The topological polar surface area (TPSA) is 432 Å². The van der Waals surface area contributed by atoms with Gasteiger partial charge in [-0.3, -0.25) is 38.8 Å². The van der Waals surface area contributed by atoms with Crippen molar-refractivity contribution in [2.75, 3.05) is 13.1 Å². The van der Waals surface area contributed by atoms with Gasteiger partial charge in [-0.25, -0.2) is 14.8 Å². The van der Waals surface area contributed by atoms with Gasteiger partial charge in [0.05, 0.1) is 25.1 Å². The average molecular weight is 791 g/mol. The van der Waals surface area contributed by atoms with Gasteiger partial charge in [-0.1, -0.05) is 0 Å². The van der Waals surface area contributed by atoms with Crippen LogP contribution in [0.3, 0.4) is 0 Å². The molecule has 0 radical (unpaired) electrons. The second-order valence-electron chi connectivity index (χ2n) is 12.5. The first-order chi connectivity index (χ1) is 26.5. The van der Waals surface area contributed by atoms with Crippen molar-refractivity contribution < 1.29 is 43.8 Å².